The Morgan fingerprint density at radius 3 is 2.67 bits per heavy atom. The molecule has 2 fully saturated rings. The summed E-state index contributed by atoms with van der Waals surface area (Å²) in [7, 11) is 0. The zero-order chi connectivity index (χ0) is 23.5. The number of aromatic nitrogens is 1. The Bertz CT molecular complexity index is 1050. The first kappa shape index (κ1) is 22.7. The number of carbonyl (C=O) groups is 3. The Morgan fingerprint density at radius 1 is 1.21 bits per heavy atom. The highest BCUT2D eigenvalue weighted by Gasteiger charge is 2.54. The molecule has 9 heteroatoms. The number of urea groups is 1. The number of amides is 3. The largest absolute Gasteiger partial charge is 0.480 e. The van der Waals surface area contributed by atoms with Gasteiger partial charge in [0, 0.05) is 12.7 Å². The minimum atomic E-state index is -1.22. The van der Waals surface area contributed by atoms with E-state index in [-0.39, 0.29) is 12.5 Å². The zero-order valence-electron chi connectivity index (χ0n) is 18.6. The number of aliphatic carboxylic acids is 1. The molecule has 4 N–H and O–H groups in total. The summed E-state index contributed by atoms with van der Waals surface area (Å²) in [4.78, 5) is 44.5. The van der Waals surface area contributed by atoms with Crippen molar-refractivity contribution in [2.24, 2.45) is 5.92 Å². The molecule has 3 unspecified atom stereocenters. The van der Waals surface area contributed by atoms with Crippen LogP contribution in [0.1, 0.15) is 42.5 Å². The topological polar surface area (TPSA) is 129 Å². The van der Waals surface area contributed by atoms with E-state index in [1.54, 1.807) is 12.1 Å². The van der Waals surface area contributed by atoms with Crippen LogP contribution >= 0.6 is 0 Å². The molecule has 9 nitrogen and oxygen atoms in total. The summed E-state index contributed by atoms with van der Waals surface area (Å²) >= 11 is 0. The molecule has 2 saturated heterocycles. The number of nitrogens with two attached hydrogens (primary N) is 1. The summed E-state index contributed by atoms with van der Waals surface area (Å²) in [5.41, 5.74) is 8.45. The molecule has 2 aliphatic heterocycles. The van der Waals surface area contributed by atoms with Gasteiger partial charge in [-0.3, -0.25) is 9.69 Å². The monoisotopic (exact) mass is 451 g/mol. The minimum Gasteiger partial charge on any atom is -0.480 e. The molecule has 0 spiro atoms. The fourth-order valence-corrected chi connectivity index (χ4v) is 4.63. The zero-order valence-corrected chi connectivity index (χ0v) is 18.6. The molecule has 1 aromatic carbocycles. The summed E-state index contributed by atoms with van der Waals surface area (Å²) in [6.45, 7) is 4.88. The first-order valence-electron chi connectivity index (χ1n) is 11.2. The number of hydrogen-bond donors (Lipinski definition) is 3. The van der Waals surface area contributed by atoms with Gasteiger partial charge in [-0.1, -0.05) is 24.3 Å². The second kappa shape index (κ2) is 9.58. The van der Waals surface area contributed by atoms with Gasteiger partial charge in [-0.2, -0.15) is 0 Å². The van der Waals surface area contributed by atoms with E-state index in [4.69, 9.17) is 5.73 Å². The second-order valence-corrected chi connectivity index (χ2v) is 8.79. The van der Waals surface area contributed by atoms with Crippen molar-refractivity contribution in [1.29, 1.82) is 0 Å². The average molecular weight is 452 g/mol. The number of rotatable bonds is 7. The first-order valence-corrected chi connectivity index (χ1v) is 11.2. The highest BCUT2D eigenvalue weighted by atomic mass is 16.4. The fourth-order valence-electron chi connectivity index (χ4n) is 4.63. The fraction of sp³-hybridized carbons (Fsp3) is 0.417. The molecule has 3 amide bonds. The number of imide groups is 1. The number of likely N-dealkylation sites (tertiary alicyclic amines) is 2. The van der Waals surface area contributed by atoms with Gasteiger partial charge in [-0.05, 0) is 68.1 Å². The molecule has 3 atom stereocenters. The van der Waals surface area contributed by atoms with Gasteiger partial charge >= 0.3 is 12.0 Å². The maximum atomic E-state index is 12.8. The van der Waals surface area contributed by atoms with Crippen LogP contribution in [-0.4, -0.2) is 56.9 Å². The number of benzene rings is 1. The first-order chi connectivity index (χ1) is 15.8. The number of pyridine rings is 1. The Hall–Kier alpha value is -3.46. The van der Waals surface area contributed by atoms with Crippen LogP contribution in [0.4, 0.5) is 10.6 Å². The molecule has 4 rings (SSSR count). The summed E-state index contributed by atoms with van der Waals surface area (Å²) in [5.74, 6) is -2.25. The van der Waals surface area contributed by atoms with Gasteiger partial charge in [-0.25, -0.2) is 19.5 Å². The molecular formula is C24H29N5O4. The standard InChI is InChI=1S/C24H29N5O4/c1-15(18-6-4-5-17(11-18)14-28-9-2-3-10-28)27-24(33)29-21(23(31)32)19(22(29)30)12-16-7-8-26-20(25)13-16/h4-8,11,13,15,19,21H,2-3,9-10,12,14H2,1H3,(H2,25,26)(H,27,33)(H,31,32). The van der Waals surface area contributed by atoms with Gasteiger partial charge < -0.3 is 16.2 Å². The summed E-state index contributed by atoms with van der Waals surface area (Å²) in [5, 5.41) is 12.5. The Labute approximate surface area is 192 Å². The van der Waals surface area contributed by atoms with Crippen LogP contribution in [0.15, 0.2) is 42.6 Å². The molecule has 0 bridgehead atoms. The van der Waals surface area contributed by atoms with Crippen molar-refractivity contribution < 1.29 is 19.5 Å². The van der Waals surface area contributed by atoms with Crippen molar-refractivity contribution in [2.45, 2.75) is 44.8 Å². The lowest BCUT2D eigenvalue weighted by Crippen LogP contribution is -2.68. The quantitative estimate of drug-likeness (QED) is 0.550. The predicted octanol–water partition coefficient (Wildman–Crippen LogP) is 2.18. The molecule has 0 radical (unpaired) electrons. The highest BCUT2D eigenvalue weighted by Crippen LogP contribution is 2.31. The molecule has 2 aromatic rings. The van der Waals surface area contributed by atoms with E-state index in [0.29, 0.717) is 11.4 Å². The Kier molecular flexibility index (Phi) is 6.60. The van der Waals surface area contributed by atoms with Gasteiger partial charge in [0.2, 0.25) is 5.91 Å². The lowest BCUT2D eigenvalue weighted by molar-refractivity contribution is -0.165. The Balaban J connectivity index is 1.41. The van der Waals surface area contributed by atoms with E-state index >= 15 is 0 Å². The number of carboxylic acid groups (broad SMARTS) is 1. The van der Waals surface area contributed by atoms with Crippen LogP contribution in [0, 0.1) is 5.92 Å². The third kappa shape index (κ3) is 4.98. The number of nitrogens with one attached hydrogen (secondary N) is 1. The molecule has 0 aliphatic carbocycles. The van der Waals surface area contributed by atoms with E-state index in [1.165, 1.54) is 19.0 Å². The van der Waals surface area contributed by atoms with Crippen LogP contribution in [0.25, 0.3) is 0 Å². The molecule has 3 heterocycles. The maximum absolute atomic E-state index is 12.8. The van der Waals surface area contributed by atoms with E-state index in [9.17, 15) is 19.5 Å². The van der Waals surface area contributed by atoms with Crippen LogP contribution < -0.4 is 11.1 Å². The maximum Gasteiger partial charge on any atom is 0.327 e. The Morgan fingerprint density at radius 2 is 1.97 bits per heavy atom. The van der Waals surface area contributed by atoms with Gasteiger partial charge in [0.15, 0.2) is 6.04 Å². The van der Waals surface area contributed by atoms with Crippen molar-refractivity contribution in [3.63, 3.8) is 0 Å². The van der Waals surface area contributed by atoms with Crippen molar-refractivity contribution in [1.82, 2.24) is 20.1 Å². The summed E-state index contributed by atoms with van der Waals surface area (Å²) in [6.07, 6.45) is 4.13. The molecule has 0 saturated carbocycles. The smallest absolute Gasteiger partial charge is 0.327 e. The minimum absolute atomic E-state index is 0.181. The number of hydrogen-bond acceptors (Lipinski definition) is 6. The molecule has 2 aliphatic rings. The normalized spacial score (nSPS) is 21.5. The molecule has 1 aromatic heterocycles. The van der Waals surface area contributed by atoms with E-state index in [1.807, 2.05) is 25.1 Å². The van der Waals surface area contributed by atoms with E-state index in [0.717, 1.165) is 35.7 Å². The van der Waals surface area contributed by atoms with Crippen LogP contribution in [0.5, 0.6) is 0 Å². The number of anilines is 1. The molecule has 33 heavy (non-hydrogen) atoms. The van der Waals surface area contributed by atoms with Gasteiger partial charge in [0.25, 0.3) is 0 Å². The van der Waals surface area contributed by atoms with Gasteiger partial charge in [0.05, 0.1) is 12.0 Å². The lowest BCUT2D eigenvalue weighted by Gasteiger charge is -2.43. The summed E-state index contributed by atoms with van der Waals surface area (Å²) in [6, 6.07) is 8.97. The molecule has 174 valence electrons. The summed E-state index contributed by atoms with van der Waals surface area (Å²) < 4.78 is 0. The lowest BCUT2D eigenvalue weighted by atomic mass is 9.82. The van der Waals surface area contributed by atoms with E-state index in [2.05, 4.69) is 21.3 Å². The van der Waals surface area contributed by atoms with Crippen molar-refractivity contribution in [2.75, 3.05) is 18.8 Å². The van der Waals surface area contributed by atoms with Gasteiger partial charge in [-0.15, -0.1) is 0 Å². The van der Waals surface area contributed by atoms with Crippen LogP contribution in [0.3, 0.4) is 0 Å². The van der Waals surface area contributed by atoms with Gasteiger partial charge in [0.1, 0.15) is 5.82 Å². The number of carbonyl (C=O) groups excluding carboxylic acids is 2. The average Bonchev–Trinajstić information content (AvgIpc) is 3.28. The number of nitrogen functional groups attached to an aromatic ring is 1. The second-order valence-electron chi connectivity index (χ2n) is 8.79. The van der Waals surface area contributed by atoms with Crippen molar-refractivity contribution in [3.8, 4) is 0 Å². The third-order valence-corrected chi connectivity index (χ3v) is 6.38. The number of carboxylic acids is 1. The van der Waals surface area contributed by atoms with Crippen molar-refractivity contribution in [3.05, 3.63) is 59.3 Å². The van der Waals surface area contributed by atoms with Crippen molar-refractivity contribution >= 4 is 23.7 Å². The predicted molar refractivity (Wildman–Crippen MR) is 122 cm³/mol. The SMILES string of the molecule is CC(NC(=O)N1C(=O)C(Cc2ccnc(N)c2)C1C(=O)O)c1cccc(CN2CCCC2)c1. The van der Waals surface area contributed by atoms with E-state index < -0.39 is 29.9 Å². The highest BCUT2D eigenvalue weighted by molar-refractivity contribution is 6.07. The molecular weight excluding hydrogens is 422 g/mol. The van der Waals surface area contributed by atoms with Crippen LogP contribution in [0.2, 0.25) is 0 Å². The third-order valence-electron chi connectivity index (χ3n) is 6.38. The van der Waals surface area contributed by atoms with Crippen LogP contribution in [-0.2, 0) is 22.6 Å². The number of nitrogens with zero attached hydrogens (tertiary/aromatic N) is 3. The number of β-lactam (4-membered cyclic amide) rings is 1.